The molecule has 0 amide bonds. The van der Waals surface area contributed by atoms with Crippen molar-refractivity contribution in [3.63, 3.8) is 0 Å². The number of halogens is 1. The van der Waals surface area contributed by atoms with Crippen LogP contribution in [0.1, 0.15) is 16.7 Å². The van der Waals surface area contributed by atoms with E-state index < -0.39 is 4.92 Å². The first-order chi connectivity index (χ1) is 9.92. The van der Waals surface area contributed by atoms with Gasteiger partial charge in [0.15, 0.2) is 0 Å². The molecule has 6 heteroatoms. The third kappa shape index (κ3) is 3.12. The van der Waals surface area contributed by atoms with Gasteiger partial charge in [-0.25, -0.2) is 0 Å². The fourth-order valence-electron chi connectivity index (χ4n) is 1.93. The van der Waals surface area contributed by atoms with E-state index in [1.165, 1.54) is 18.2 Å². The highest BCUT2D eigenvalue weighted by Gasteiger charge is 2.14. The van der Waals surface area contributed by atoms with Crippen LogP contribution in [0, 0.1) is 35.3 Å². The first-order valence-electron chi connectivity index (χ1n) is 6.05. The Bertz CT molecular complexity index is 743. The molecule has 106 valence electrons. The molecule has 21 heavy (non-hydrogen) atoms. The van der Waals surface area contributed by atoms with Crippen molar-refractivity contribution in [2.75, 3.05) is 0 Å². The predicted octanol–water partition coefficient (Wildman–Crippen LogP) is 4.53. The van der Waals surface area contributed by atoms with Crippen LogP contribution in [-0.4, -0.2) is 4.92 Å². The number of aryl methyl sites for hydroxylation is 2. The van der Waals surface area contributed by atoms with Crippen LogP contribution in [0.15, 0.2) is 30.3 Å². The molecular weight excluding hydrogens is 292 g/mol. The summed E-state index contributed by atoms with van der Waals surface area (Å²) in [5.74, 6) is 0.922. The molecule has 0 unspecified atom stereocenters. The Morgan fingerprint density at radius 1 is 1.19 bits per heavy atom. The van der Waals surface area contributed by atoms with Gasteiger partial charge in [-0.1, -0.05) is 11.6 Å². The molecule has 0 saturated heterocycles. The van der Waals surface area contributed by atoms with E-state index in [1.807, 2.05) is 13.8 Å². The number of hydrogen-bond acceptors (Lipinski definition) is 4. The minimum atomic E-state index is -0.598. The van der Waals surface area contributed by atoms with Crippen LogP contribution < -0.4 is 4.74 Å². The summed E-state index contributed by atoms with van der Waals surface area (Å²) in [5, 5.41) is 20.4. The fourth-order valence-corrected chi connectivity index (χ4v) is 2.04. The monoisotopic (exact) mass is 302 g/mol. The first-order valence-corrected chi connectivity index (χ1v) is 6.43. The molecule has 0 radical (unpaired) electrons. The maximum absolute atomic E-state index is 10.8. The Kier molecular flexibility index (Phi) is 4.10. The van der Waals surface area contributed by atoms with Gasteiger partial charge in [-0.3, -0.25) is 10.1 Å². The maximum atomic E-state index is 10.8. The largest absolute Gasteiger partial charge is 0.457 e. The van der Waals surface area contributed by atoms with Crippen molar-refractivity contribution >= 4 is 17.3 Å². The van der Waals surface area contributed by atoms with Gasteiger partial charge in [-0.15, -0.1) is 0 Å². The summed E-state index contributed by atoms with van der Waals surface area (Å²) < 4.78 is 5.64. The van der Waals surface area contributed by atoms with Gasteiger partial charge >= 0.3 is 0 Å². The van der Waals surface area contributed by atoms with Crippen LogP contribution >= 0.6 is 11.6 Å². The second-order valence-electron chi connectivity index (χ2n) is 4.52. The average molecular weight is 303 g/mol. The van der Waals surface area contributed by atoms with E-state index in [1.54, 1.807) is 18.2 Å². The highest BCUT2D eigenvalue weighted by Crippen LogP contribution is 2.31. The van der Waals surface area contributed by atoms with Gasteiger partial charge in [0.05, 0.1) is 4.92 Å². The van der Waals surface area contributed by atoms with E-state index in [4.69, 9.17) is 21.6 Å². The Morgan fingerprint density at radius 2 is 1.81 bits per heavy atom. The second-order valence-corrected chi connectivity index (χ2v) is 4.90. The number of benzene rings is 2. The smallest absolute Gasteiger partial charge is 0.287 e. The van der Waals surface area contributed by atoms with Crippen LogP contribution in [0.3, 0.4) is 0 Å². The molecule has 0 aliphatic carbocycles. The van der Waals surface area contributed by atoms with E-state index in [9.17, 15) is 10.1 Å². The molecule has 2 aromatic rings. The van der Waals surface area contributed by atoms with Gasteiger partial charge in [0.25, 0.3) is 5.69 Å². The first kappa shape index (κ1) is 14.8. The number of ether oxygens (including phenoxy) is 1. The number of nitro groups is 1. The van der Waals surface area contributed by atoms with Gasteiger partial charge in [0, 0.05) is 17.2 Å². The van der Waals surface area contributed by atoms with Gasteiger partial charge in [-0.2, -0.15) is 5.26 Å². The molecule has 0 aliphatic rings. The number of nitrogens with zero attached hydrogens (tertiary/aromatic N) is 2. The quantitative estimate of drug-likeness (QED) is 0.616. The van der Waals surface area contributed by atoms with E-state index in [2.05, 4.69) is 0 Å². The Hall–Kier alpha value is -2.58. The van der Waals surface area contributed by atoms with E-state index in [0.29, 0.717) is 16.5 Å². The third-order valence-electron chi connectivity index (χ3n) is 2.93. The van der Waals surface area contributed by atoms with E-state index in [0.717, 1.165) is 11.1 Å². The molecule has 0 aromatic heterocycles. The van der Waals surface area contributed by atoms with Crippen LogP contribution in [-0.2, 0) is 0 Å². The zero-order valence-electron chi connectivity index (χ0n) is 11.4. The highest BCUT2D eigenvalue weighted by molar-refractivity contribution is 6.32. The van der Waals surface area contributed by atoms with Gasteiger partial charge in [-0.05, 0) is 43.2 Å². The fraction of sp³-hybridized carbons (Fsp3) is 0.133. The van der Waals surface area contributed by atoms with E-state index in [-0.39, 0.29) is 11.3 Å². The number of hydrogen-bond donors (Lipinski definition) is 0. The van der Waals surface area contributed by atoms with Crippen molar-refractivity contribution in [1.29, 1.82) is 5.26 Å². The van der Waals surface area contributed by atoms with Crippen molar-refractivity contribution in [3.05, 3.63) is 62.2 Å². The van der Waals surface area contributed by atoms with E-state index >= 15 is 0 Å². The molecule has 2 aromatic carbocycles. The molecule has 0 fully saturated rings. The third-order valence-corrected chi connectivity index (χ3v) is 3.53. The summed E-state index contributed by atoms with van der Waals surface area (Å²) >= 11 is 6.08. The Labute approximate surface area is 126 Å². The minimum Gasteiger partial charge on any atom is -0.457 e. The number of nitriles is 1. The molecule has 0 aliphatic heterocycles. The minimum absolute atomic E-state index is 0.0418. The standard InChI is InChI=1S/C15H11ClN2O3/c1-9-5-13(6-10(2)15(9)16)21-12-3-4-14(18(19)20)11(7-12)8-17/h3-7H,1-2H3. The molecule has 0 heterocycles. The van der Waals surface area contributed by atoms with Crippen LogP contribution in [0.4, 0.5) is 5.69 Å². The van der Waals surface area contributed by atoms with Crippen LogP contribution in [0.25, 0.3) is 0 Å². The molecular formula is C15H11ClN2O3. The summed E-state index contributed by atoms with van der Waals surface area (Å²) in [7, 11) is 0. The zero-order valence-corrected chi connectivity index (χ0v) is 12.1. The van der Waals surface area contributed by atoms with Crippen molar-refractivity contribution in [2.24, 2.45) is 0 Å². The summed E-state index contributed by atoms with van der Waals surface area (Å²) in [6.07, 6.45) is 0. The zero-order chi connectivity index (χ0) is 15.6. The second kappa shape index (κ2) is 5.81. The average Bonchev–Trinajstić information content (AvgIpc) is 2.44. The number of rotatable bonds is 3. The maximum Gasteiger partial charge on any atom is 0.287 e. The summed E-state index contributed by atoms with van der Waals surface area (Å²) in [6.45, 7) is 3.72. The van der Waals surface area contributed by atoms with Crippen molar-refractivity contribution in [3.8, 4) is 17.6 Å². The van der Waals surface area contributed by atoms with Crippen LogP contribution in [0.2, 0.25) is 5.02 Å². The molecule has 5 nitrogen and oxygen atoms in total. The lowest BCUT2D eigenvalue weighted by Crippen LogP contribution is -1.94. The lowest BCUT2D eigenvalue weighted by atomic mass is 10.1. The predicted molar refractivity (Wildman–Crippen MR) is 78.8 cm³/mol. The topological polar surface area (TPSA) is 76.2 Å². The van der Waals surface area contributed by atoms with Crippen molar-refractivity contribution < 1.29 is 9.66 Å². The van der Waals surface area contributed by atoms with Crippen molar-refractivity contribution in [1.82, 2.24) is 0 Å². The molecule has 0 spiro atoms. The van der Waals surface area contributed by atoms with Crippen molar-refractivity contribution in [2.45, 2.75) is 13.8 Å². The van der Waals surface area contributed by atoms with Gasteiger partial charge < -0.3 is 4.74 Å². The SMILES string of the molecule is Cc1cc(Oc2ccc([N+](=O)[O-])c(C#N)c2)cc(C)c1Cl. The molecule has 2 rings (SSSR count). The Morgan fingerprint density at radius 3 is 2.33 bits per heavy atom. The molecule has 0 atom stereocenters. The lowest BCUT2D eigenvalue weighted by molar-refractivity contribution is -0.385. The van der Waals surface area contributed by atoms with Gasteiger partial charge in [0.2, 0.25) is 0 Å². The molecule has 0 bridgehead atoms. The Balaban J connectivity index is 2.37. The molecule has 0 N–H and O–H groups in total. The summed E-state index contributed by atoms with van der Waals surface area (Å²) in [4.78, 5) is 10.2. The number of nitro benzene ring substituents is 1. The summed E-state index contributed by atoms with van der Waals surface area (Å²) in [5.41, 5.74) is 1.45. The van der Waals surface area contributed by atoms with Gasteiger partial charge in [0.1, 0.15) is 23.1 Å². The molecule has 0 saturated carbocycles. The lowest BCUT2D eigenvalue weighted by Gasteiger charge is -2.10. The normalized spacial score (nSPS) is 10.0. The highest BCUT2D eigenvalue weighted by atomic mass is 35.5. The summed E-state index contributed by atoms with van der Waals surface area (Å²) in [6, 6.07) is 9.38. The van der Waals surface area contributed by atoms with Crippen LogP contribution in [0.5, 0.6) is 11.5 Å².